The lowest BCUT2D eigenvalue weighted by Gasteiger charge is -2.25. The van der Waals surface area contributed by atoms with Crippen molar-refractivity contribution in [3.63, 3.8) is 0 Å². The molecule has 7 heteroatoms. The van der Waals surface area contributed by atoms with E-state index in [0.29, 0.717) is 5.69 Å². The van der Waals surface area contributed by atoms with Crippen LogP contribution in [0.25, 0.3) is 0 Å². The molecule has 6 nitrogen and oxygen atoms in total. The number of nitrogens with zero attached hydrogens (tertiary/aromatic N) is 2. The third kappa shape index (κ3) is 4.41. The molecule has 0 aromatic carbocycles. The lowest BCUT2D eigenvalue weighted by atomic mass is 9.92. The Labute approximate surface area is 139 Å². The van der Waals surface area contributed by atoms with Crippen LogP contribution in [0.1, 0.15) is 59.9 Å². The Morgan fingerprint density at radius 2 is 1.78 bits per heavy atom. The number of aryl methyl sites for hydroxylation is 1. The van der Waals surface area contributed by atoms with E-state index in [-0.39, 0.29) is 23.7 Å². The first-order valence-electron chi connectivity index (χ1n) is 7.77. The summed E-state index contributed by atoms with van der Waals surface area (Å²) < 4.78 is 27.4. The van der Waals surface area contributed by atoms with Gasteiger partial charge in [-0.2, -0.15) is 5.10 Å². The van der Waals surface area contributed by atoms with Crippen molar-refractivity contribution < 1.29 is 13.2 Å². The standard InChI is InChI=1S/C16H29N3O3S/c1-11(2)18-23(21,22)16(6,7)14(20)10-12-9-13(15(3,4)5)17-19(12)8/h9,11,18H,10H2,1-8H3. The second-order valence-electron chi connectivity index (χ2n) is 7.78. The number of nitrogens with one attached hydrogen (secondary N) is 1. The third-order valence-corrected chi connectivity index (χ3v) is 6.17. The second-order valence-corrected chi connectivity index (χ2v) is 10.0. The van der Waals surface area contributed by atoms with Crippen molar-refractivity contribution in [3.8, 4) is 0 Å². The predicted molar refractivity (Wildman–Crippen MR) is 91.9 cm³/mol. The predicted octanol–water partition coefficient (Wildman–Crippen LogP) is 1.94. The molecule has 0 aliphatic carbocycles. The van der Waals surface area contributed by atoms with Crippen molar-refractivity contribution in [2.24, 2.45) is 7.05 Å². The molecule has 0 aliphatic rings. The van der Waals surface area contributed by atoms with Crippen LogP contribution < -0.4 is 4.72 Å². The van der Waals surface area contributed by atoms with Crippen LogP contribution in [0.5, 0.6) is 0 Å². The minimum atomic E-state index is -3.74. The van der Waals surface area contributed by atoms with Gasteiger partial charge in [0.15, 0.2) is 5.78 Å². The maximum Gasteiger partial charge on any atom is 0.224 e. The van der Waals surface area contributed by atoms with E-state index in [1.807, 2.05) is 26.8 Å². The van der Waals surface area contributed by atoms with Crippen molar-refractivity contribution >= 4 is 15.8 Å². The smallest absolute Gasteiger partial charge is 0.224 e. The molecule has 1 N–H and O–H groups in total. The zero-order valence-corrected chi connectivity index (χ0v) is 16.2. The quantitative estimate of drug-likeness (QED) is 0.856. The van der Waals surface area contributed by atoms with Gasteiger partial charge in [0.1, 0.15) is 4.75 Å². The molecule has 0 aliphatic heterocycles. The van der Waals surface area contributed by atoms with Crippen LogP contribution >= 0.6 is 0 Å². The van der Waals surface area contributed by atoms with Gasteiger partial charge in [0.05, 0.1) is 12.1 Å². The zero-order valence-electron chi connectivity index (χ0n) is 15.4. The molecule has 1 rings (SSSR count). The van der Waals surface area contributed by atoms with Gasteiger partial charge in [0.25, 0.3) is 0 Å². The summed E-state index contributed by atoms with van der Waals surface area (Å²) in [5.41, 5.74) is 1.47. The highest BCUT2D eigenvalue weighted by atomic mass is 32.2. The van der Waals surface area contributed by atoms with Gasteiger partial charge in [-0.1, -0.05) is 20.8 Å². The number of hydrogen-bond acceptors (Lipinski definition) is 4. The fourth-order valence-electron chi connectivity index (χ4n) is 2.02. The monoisotopic (exact) mass is 343 g/mol. The summed E-state index contributed by atoms with van der Waals surface area (Å²) in [5.74, 6) is -0.353. The molecule has 0 atom stereocenters. The summed E-state index contributed by atoms with van der Waals surface area (Å²) in [6.45, 7) is 12.5. The minimum absolute atomic E-state index is 0.0333. The molecule has 0 amide bonds. The van der Waals surface area contributed by atoms with Gasteiger partial charge < -0.3 is 0 Å². The first-order chi connectivity index (χ1) is 10.2. The van der Waals surface area contributed by atoms with Gasteiger partial charge in [-0.05, 0) is 33.8 Å². The SMILES string of the molecule is CC(C)NS(=O)(=O)C(C)(C)C(=O)Cc1cc(C(C)(C)C)nn1C. The summed E-state index contributed by atoms with van der Waals surface area (Å²) in [6.07, 6.45) is 0.0333. The minimum Gasteiger partial charge on any atom is -0.297 e. The van der Waals surface area contributed by atoms with Gasteiger partial charge in [-0.3, -0.25) is 9.48 Å². The van der Waals surface area contributed by atoms with E-state index in [2.05, 4.69) is 9.82 Å². The largest absolute Gasteiger partial charge is 0.297 e. The van der Waals surface area contributed by atoms with Gasteiger partial charge in [0, 0.05) is 24.2 Å². The van der Waals surface area contributed by atoms with Crippen molar-refractivity contribution in [2.75, 3.05) is 0 Å². The lowest BCUT2D eigenvalue weighted by molar-refractivity contribution is -0.120. The maximum atomic E-state index is 12.6. The molecule has 1 heterocycles. The molecule has 23 heavy (non-hydrogen) atoms. The van der Waals surface area contributed by atoms with Crippen LogP contribution in [0, 0.1) is 0 Å². The number of hydrogen-bond donors (Lipinski definition) is 1. The molecule has 0 saturated carbocycles. The van der Waals surface area contributed by atoms with Gasteiger partial charge in [0.2, 0.25) is 10.0 Å². The normalized spacial score (nSPS) is 13.6. The Hall–Kier alpha value is -1.21. The van der Waals surface area contributed by atoms with Gasteiger partial charge in [-0.15, -0.1) is 0 Å². The second kappa shape index (κ2) is 6.36. The molecule has 0 spiro atoms. The average molecular weight is 343 g/mol. The number of carbonyl (C=O) groups is 1. The number of carbonyl (C=O) groups excluding carboxylic acids is 1. The number of rotatable bonds is 6. The van der Waals surface area contributed by atoms with E-state index in [1.54, 1.807) is 25.6 Å². The third-order valence-electron chi connectivity index (χ3n) is 3.82. The Morgan fingerprint density at radius 3 is 2.17 bits per heavy atom. The zero-order chi connectivity index (χ0) is 18.2. The summed E-state index contributed by atoms with van der Waals surface area (Å²) in [7, 11) is -1.97. The average Bonchev–Trinajstić information content (AvgIpc) is 2.68. The van der Waals surface area contributed by atoms with Crippen molar-refractivity contribution in [2.45, 2.75) is 71.1 Å². The van der Waals surface area contributed by atoms with E-state index in [0.717, 1.165) is 5.69 Å². The highest BCUT2D eigenvalue weighted by molar-refractivity contribution is 7.91. The van der Waals surface area contributed by atoms with Crippen molar-refractivity contribution in [1.82, 2.24) is 14.5 Å². The first kappa shape index (κ1) is 19.8. The van der Waals surface area contributed by atoms with Gasteiger partial charge >= 0.3 is 0 Å². The van der Waals surface area contributed by atoms with Crippen LogP contribution in [-0.2, 0) is 33.7 Å². The lowest BCUT2D eigenvalue weighted by Crippen LogP contribution is -2.50. The molecule has 0 fully saturated rings. The molecule has 1 aromatic heterocycles. The maximum absolute atomic E-state index is 12.6. The van der Waals surface area contributed by atoms with E-state index in [4.69, 9.17) is 0 Å². The Kier molecular flexibility index (Phi) is 5.48. The van der Waals surface area contributed by atoms with Gasteiger partial charge in [-0.25, -0.2) is 13.1 Å². The first-order valence-corrected chi connectivity index (χ1v) is 9.25. The van der Waals surface area contributed by atoms with Crippen molar-refractivity contribution in [1.29, 1.82) is 0 Å². The summed E-state index contributed by atoms with van der Waals surface area (Å²) in [6, 6.07) is 1.62. The van der Waals surface area contributed by atoms with Crippen LogP contribution in [0.2, 0.25) is 0 Å². The fraction of sp³-hybridized carbons (Fsp3) is 0.750. The fourth-order valence-corrected chi connectivity index (χ4v) is 3.31. The molecule has 0 radical (unpaired) electrons. The molecular formula is C16H29N3O3S. The van der Waals surface area contributed by atoms with Crippen LogP contribution in [0.4, 0.5) is 0 Å². The Morgan fingerprint density at radius 1 is 1.26 bits per heavy atom. The molecule has 132 valence electrons. The molecule has 0 bridgehead atoms. The number of Topliss-reactive ketones (excluding diaryl/α,β-unsaturated/α-hetero) is 1. The number of ketones is 1. The molecule has 0 unspecified atom stereocenters. The summed E-state index contributed by atoms with van der Waals surface area (Å²) in [4.78, 5) is 12.6. The van der Waals surface area contributed by atoms with Crippen LogP contribution in [-0.4, -0.2) is 34.8 Å². The van der Waals surface area contributed by atoms with Crippen LogP contribution in [0.3, 0.4) is 0 Å². The van der Waals surface area contributed by atoms with Crippen LogP contribution in [0.15, 0.2) is 6.07 Å². The highest BCUT2D eigenvalue weighted by Gasteiger charge is 2.41. The Bertz CT molecular complexity index is 680. The number of sulfonamides is 1. The highest BCUT2D eigenvalue weighted by Crippen LogP contribution is 2.24. The Balaban J connectivity index is 3.06. The van der Waals surface area contributed by atoms with E-state index in [9.17, 15) is 13.2 Å². The molecular weight excluding hydrogens is 314 g/mol. The molecule has 0 saturated heterocycles. The summed E-state index contributed by atoms with van der Waals surface area (Å²) in [5, 5.41) is 4.43. The summed E-state index contributed by atoms with van der Waals surface area (Å²) >= 11 is 0. The van der Waals surface area contributed by atoms with E-state index < -0.39 is 14.8 Å². The van der Waals surface area contributed by atoms with E-state index in [1.165, 1.54) is 13.8 Å². The number of aromatic nitrogens is 2. The van der Waals surface area contributed by atoms with E-state index >= 15 is 0 Å². The molecule has 1 aromatic rings. The van der Waals surface area contributed by atoms with Crippen molar-refractivity contribution in [3.05, 3.63) is 17.5 Å². The topological polar surface area (TPSA) is 81.1 Å².